The topological polar surface area (TPSA) is 87.7 Å². The molecule has 0 aliphatic heterocycles. The normalized spacial score (nSPS) is 13.9. The van der Waals surface area contributed by atoms with Crippen molar-refractivity contribution >= 4 is 29.7 Å². The molecule has 0 radical (unpaired) electrons. The van der Waals surface area contributed by atoms with Crippen LogP contribution in [0.1, 0.15) is 90.0 Å². The van der Waals surface area contributed by atoms with E-state index >= 15 is 0 Å². The van der Waals surface area contributed by atoms with Gasteiger partial charge in [0.2, 0.25) is 11.8 Å². The number of nitrogens with one attached hydrogen (secondary N) is 2. The smallest absolute Gasteiger partial charge is 0.408 e. The zero-order valence-corrected chi connectivity index (χ0v) is 24.5. The molecule has 1 aromatic carbocycles. The number of amides is 3. The zero-order valence-electron chi connectivity index (χ0n) is 23.7. The molecule has 3 amide bonds. The van der Waals surface area contributed by atoms with Gasteiger partial charge in [0.05, 0.1) is 0 Å². The molecule has 1 rings (SSSR count). The number of benzene rings is 1. The molecule has 204 valence electrons. The summed E-state index contributed by atoms with van der Waals surface area (Å²) >= 11 is 1.60. The first kappa shape index (κ1) is 31.8. The third-order valence-electron chi connectivity index (χ3n) is 5.86. The number of hydrogen-bond donors (Lipinski definition) is 2. The second-order valence-corrected chi connectivity index (χ2v) is 11.4. The zero-order chi connectivity index (χ0) is 27.5. The summed E-state index contributed by atoms with van der Waals surface area (Å²) in [5.74, 6) is 0.195. The molecule has 0 saturated heterocycles. The highest BCUT2D eigenvalue weighted by molar-refractivity contribution is 7.98. The molecule has 0 aliphatic carbocycles. The van der Waals surface area contributed by atoms with Gasteiger partial charge >= 0.3 is 6.09 Å². The Morgan fingerprint density at radius 1 is 1.03 bits per heavy atom. The molecule has 0 bridgehead atoms. The SMILES string of the molecule is CCCC(C)NC(=O)C(c1ccc(C)c(C)c1)N(CCC)C(=O)C(CCSC)NC(=O)OC(C)(C)C. The van der Waals surface area contributed by atoms with Crippen LogP contribution in [0.5, 0.6) is 0 Å². The number of thioether (sulfide) groups is 1. The molecule has 0 aliphatic rings. The molecule has 0 aromatic heterocycles. The predicted molar refractivity (Wildman–Crippen MR) is 149 cm³/mol. The standard InChI is InChI=1S/C28H47N3O4S/c1-10-12-21(5)29-25(32)24(22-14-13-19(3)20(4)18-22)31(16-11-2)26(33)23(15-17-36-9)30-27(34)35-28(6,7)8/h13-14,18,21,23-24H,10-12,15-17H2,1-9H3,(H,29,32)(H,30,34). The molecule has 36 heavy (non-hydrogen) atoms. The Morgan fingerprint density at radius 2 is 1.69 bits per heavy atom. The van der Waals surface area contributed by atoms with Gasteiger partial charge in [-0.25, -0.2) is 4.79 Å². The number of carbonyl (C=O) groups excluding carboxylic acids is 3. The van der Waals surface area contributed by atoms with Crippen molar-refractivity contribution in [3.8, 4) is 0 Å². The van der Waals surface area contributed by atoms with Gasteiger partial charge in [0.1, 0.15) is 17.7 Å². The van der Waals surface area contributed by atoms with E-state index in [1.54, 1.807) is 37.4 Å². The predicted octanol–water partition coefficient (Wildman–Crippen LogP) is 5.53. The molecule has 0 fully saturated rings. The van der Waals surface area contributed by atoms with E-state index in [0.717, 1.165) is 29.5 Å². The summed E-state index contributed by atoms with van der Waals surface area (Å²) in [5.41, 5.74) is 2.26. The molecule has 8 heteroatoms. The summed E-state index contributed by atoms with van der Waals surface area (Å²) in [6, 6.07) is 4.28. The lowest BCUT2D eigenvalue weighted by Gasteiger charge is -2.35. The number of hydrogen-bond acceptors (Lipinski definition) is 5. The van der Waals surface area contributed by atoms with E-state index in [4.69, 9.17) is 4.74 Å². The molecular weight excluding hydrogens is 474 g/mol. The Kier molecular flexibility index (Phi) is 13.4. The maximum absolute atomic E-state index is 14.0. The fourth-order valence-corrected chi connectivity index (χ4v) is 4.46. The first-order chi connectivity index (χ1) is 16.8. The highest BCUT2D eigenvalue weighted by Gasteiger charge is 2.36. The minimum Gasteiger partial charge on any atom is -0.444 e. The molecular formula is C28H47N3O4S. The summed E-state index contributed by atoms with van der Waals surface area (Å²) in [4.78, 5) is 41.9. The number of nitrogens with zero attached hydrogens (tertiary/aromatic N) is 1. The van der Waals surface area contributed by atoms with E-state index in [9.17, 15) is 14.4 Å². The average Bonchev–Trinajstić information content (AvgIpc) is 2.77. The first-order valence-electron chi connectivity index (χ1n) is 13.0. The maximum atomic E-state index is 14.0. The highest BCUT2D eigenvalue weighted by atomic mass is 32.2. The third-order valence-corrected chi connectivity index (χ3v) is 6.51. The Hall–Kier alpha value is -2.22. The molecule has 3 atom stereocenters. The number of carbonyl (C=O) groups is 3. The monoisotopic (exact) mass is 521 g/mol. The second-order valence-electron chi connectivity index (χ2n) is 10.5. The van der Waals surface area contributed by atoms with Gasteiger partial charge in [0, 0.05) is 12.6 Å². The van der Waals surface area contributed by atoms with Crippen LogP contribution in [0.3, 0.4) is 0 Å². The molecule has 0 heterocycles. The van der Waals surface area contributed by atoms with Gasteiger partial charge in [-0.15, -0.1) is 0 Å². The Morgan fingerprint density at radius 3 is 2.22 bits per heavy atom. The lowest BCUT2D eigenvalue weighted by molar-refractivity contribution is -0.142. The average molecular weight is 522 g/mol. The van der Waals surface area contributed by atoms with E-state index in [1.165, 1.54) is 0 Å². The van der Waals surface area contributed by atoms with Gasteiger partial charge < -0.3 is 20.3 Å². The van der Waals surface area contributed by atoms with Gasteiger partial charge in [0.15, 0.2) is 0 Å². The van der Waals surface area contributed by atoms with Crippen LogP contribution in [0.25, 0.3) is 0 Å². The number of aryl methyl sites for hydroxylation is 2. The third kappa shape index (κ3) is 10.4. The summed E-state index contributed by atoms with van der Waals surface area (Å²) < 4.78 is 5.43. The summed E-state index contributed by atoms with van der Waals surface area (Å²) in [6.07, 6.45) is 4.23. The van der Waals surface area contributed by atoms with Crippen molar-refractivity contribution < 1.29 is 19.1 Å². The Bertz CT molecular complexity index is 869. The van der Waals surface area contributed by atoms with Crippen molar-refractivity contribution in [3.63, 3.8) is 0 Å². The van der Waals surface area contributed by atoms with Gasteiger partial charge in [-0.2, -0.15) is 11.8 Å². The molecule has 1 aromatic rings. The van der Waals surface area contributed by atoms with Gasteiger partial charge in [-0.3, -0.25) is 9.59 Å². The van der Waals surface area contributed by atoms with Crippen LogP contribution in [-0.4, -0.2) is 59.0 Å². The summed E-state index contributed by atoms with van der Waals surface area (Å²) in [6.45, 7) is 15.8. The van der Waals surface area contributed by atoms with Crippen LogP contribution >= 0.6 is 11.8 Å². The van der Waals surface area contributed by atoms with E-state index in [2.05, 4.69) is 17.6 Å². The van der Waals surface area contributed by atoms with Gasteiger partial charge in [-0.1, -0.05) is 38.5 Å². The van der Waals surface area contributed by atoms with Crippen LogP contribution in [0.2, 0.25) is 0 Å². The summed E-state index contributed by atoms with van der Waals surface area (Å²) in [5, 5.41) is 5.89. The van der Waals surface area contributed by atoms with Gasteiger partial charge in [0.25, 0.3) is 0 Å². The van der Waals surface area contributed by atoms with E-state index in [-0.39, 0.29) is 17.9 Å². The number of alkyl carbamates (subject to hydrolysis) is 1. The molecule has 2 N–H and O–H groups in total. The minimum atomic E-state index is -0.798. The van der Waals surface area contributed by atoms with Crippen LogP contribution < -0.4 is 10.6 Å². The van der Waals surface area contributed by atoms with Crippen LogP contribution in [0.15, 0.2) is 18.2 Å². The van der Waals surface area contributed by atoms with Gasteiger partial charge in [-0.05, 0) is 89.5 Å². The van der Waals surface area contributed by atoms with E-state index < -0.39 is 23.8 Å². The largest absolute Gasteiger partial charge is 0.444 e. The van der Waals surface area contributed by atoms with Crippen molar-refractivity contribution in [2.75, 3.05) is 18.6 Å². The second kappa shape index (κ2) is 15.1. The lowest BCUT2D eigenvalue weighted by atomic mass is 9.97. The fraction of sp³-hybridized carbons (Fsp3) is 0.679. The summed E-state index contributed by atoms with van der Waals surface area (Å²) in [7, 11) is 0. The first-order valence-corrected chi connectivity index (χ1v) is 14.4. The van der Waals surface area contributed by atoms with E-state index in [1.807, 2.05) is 52.1 Å². The van der Waals surface area contributed by atoms with Crippen molar-refractivity contribution in [1.29, 1.82) is 0 Å². The van der Waals surface area contributed by atoms with Crippen LogP contribution in [0.4, 0.5) is 4.79 Å². The van der Waals surface area contributed by atoms with Crippen molar-refractivity contribution in [2.45, 2.75) is 105 Å². The lowest BCUT2D eigenvalue weighted by Crippen LogP contribution is -2.54. The minimum absolute atomic E-state index is 0.0118. The quantitative estimate of drug-likeness (QED) is 0.356. The van der Waals surface area contributed by atoms with Crippen molar-refractivity contribution in [2.24, 2.45) is 0 Å². The molecule has 7 nitrogen and oxygen atoms in total. The Balaban J connectivity index is 3.45. The number of rotatable bonds is 13. The molecule has 0 saturated carbocycles. The van der Waals surface area contributed by atoms with Crippen LogP contribution in [0, 0.1) is 13.8 Å². The maximum Gasteiger partial charge on any atom is 0.408 e. The number of ether oxygens (including phenoxy) is 1. The van der Waals surface area contributed by atoms with Crippen molar-refractivity contribution in [1.82, 2.24) is 15.5 Å². The molecule has 3 unspecified atom stereocenters. The fourth-order valence-electron chi connectivity index (χ4n) is 3.99. The highest BCUT2D eigenvalue weighted by Crippen LogP contribution is 2.26. The van der Waals surface area contributed by atoms with Crippen LogP contribution in [-0.2, 0) is 14.3 Å². The Labute approximate surface area is 222 Å². The molecule has 0 spiro atoms. The van der Waals surface area contributed by atoms with E-state index in [0.29, 0.717) is 25.1 Å². The van der Waals surface area contributed by atoms with Crippen molar-refractivity contribution in [3.05, 3.63) is 34.9 Å².